The highest BCUT2D eigenvalue weighted by molar-refractivity contribution is 7.17. The highest BCUT2D eigenvalue weighted by Gasteiger charge is 2.35. The quantitative estimate of drug-likeness (QED) is 0.566. The molecule has 1 atom stereocenters. The van der Waals surface area contributed by atoms with Crippen molar-refractivity contribution in [2.75, 3.05) is 6.61 Å². The number of thiophene rings is 1. The maximum Gasteiger partial charge on any atom is 0.405 e. The van der Waals surface area contributed by atoms with Crippen LogP contribution in [0.1, 0.15) is 73.0 Å². The second-order valence-corrected chi connectivity index (χ2v) is 10.7. The van der Waals surface area contributed by atoms with E-state index < -0.39 is 17.6 Å². The monoisotopic (exact) mass is 422 g/mol. The van der Waals surface area contributed by atoms with Crippen molar-refractivity contribution in [1.29, 1.82) is 0 Å². The lowest BCUT2D eigenvalue weighted by Crippen LogP contribution is -2.41. The highest BCUT2D eigenvalue weighted by Crippen LogP contribution is 2.42. The summed E-state index contributed by atoms with van der Waals surface area (Å²) in [5.41, 5.74) is -0.117. The Bertz CT molecular complexity index is 916. The standard InChI is InChI=1S/C22H34N2O4S/c1-8-9-11-28-16-15(18(22(5,6)7)23-20(26)27)24(13-21(2,3)4)19(25)14-10-12-29-17(14)16/h10,12,18,23H,8-9,11,13H2,1-7H3,(H,26,27). The van der Waals surface area contributed by atoms with Crippen molar-refractivity contribution in [1.82, 2.24) is 9.88 Å². The summed E-state index contributed by atoms with van der Waals surface area (Å²) in [5, 5.41) is 14.7. The molecule has 0 spiro atoms. The minimum absolute atomic E-state index is 0.101. The van der Waals surface area contributed by atoms with Gasteiger partial charge >= 0.3 is 6.09 Å². The normalized spacial score (nSPS) is 13.5. The summed E-state index contributed by atoms with van der Waals surface area (Å²) in [6.07, 6.45) is 0.753. The molecule has 6 nitrogen and oxygen atoms in total. The Balaban J connectivity index is 2.88. The van der Waals surface area contributed by atoms with Crippen LogP contribution in [-0.2, 0) is 6.54 Å². The number of nitrogens with one attached hydrogen (secondary N) is 1. The van der Waals surface area contributed by atoms with Crippen LogP contribution < -0.4 is 15.6 Å². The first-order valence-electron chi connectivity index (χ1n) is 10.1. The van der Waals surface area contributed by atoms with Gasteiger partial charge in [-0.3, -0.25) is 4.79 Å². The maximum atomic E-state index is 13.4. The van der Waals surface area contributed by atoms with E-state index in [1.54, 1.807) is 4.57 Å². The summed E-state index contributed by atoms with van der Waals surface area (Å²) in [4.78, 5) is 25.1. The van der Waals surface area contributed by atoms with Crippen molar-refractivity contribution < 1.29 is 14.6 Å². The highest BCUT2D eigenvalue weighted by atomic mass is 32.1. The van der Waals surface area contributed by atoms with E-state index in [4.69, 9.17) is 4.74 Å². The SMILES string of the molecule is CCCCOc1c(C(NC(=O)O)C(C)(C)C)n(CC(C)(C)C)c(=O)c2ccsc12. The number of unbranched alkanes of at least 4 members (excludes halogenated alkanes) is 1. The van der Waals surface area contributed by atoms with Gasteiger partial charge < -0.3 is 19.7 Å². The lowest BCUT2D eigenvalue weighted by atomic mass is 9.83. The number of ether oxygens (including phenoxy) is 1. The van der Waals surface area contributed by atoms with Crippen molar-refractivity contribution >= 4 is 27.5 Å². The third-order valence-electron chi connectivity index (χ3n) is 4.65. The number of fused-ring (bicyclic) bond motifs is 1. The van der Waals surface area contributed by atoms with Crippen molar-refractivity contribution in [3.05, 3.63) is 27.5 Å². The molecule has 2 aromatic rings. The summed E-state index contributed by atoms with van der Waals surface area (Å²) in [6, 6.07) is 1.23. The summed E-state index contributed by atoms with van der Waals surface area (Å²) >= 11 is 1.46. The zero-order valence-corrected chi connectivity index (χ0v) is 19.4. The Morgan fingerprint density at radius 2 is 1.93 bits per heavy atom. The topological polar surface area (TPSA) is 80.6 Å². The summed E-state index contributed by atoms with van der Waals surface area (Å²) in [7, 11) is 0. The van der Waals surface area contributed by atoms with Gasteiger partial charge in [0.25, 0.3) is 5.56 Å². The third kappa shape index (κ3) is 5.53. The van der Waals surface area contributed by atoms with Crippen LogP contribution in [0.5, 0.6) is 5.75 Å². The van der Waals surface area contributed by atoms with Crippen LogP contribution >= 0.6 is 11.3 Å². The van der Waals surface area contributed by atoms with Crippen molar-refractivity contribution in [3.8, 4) is 5.75 Å². The van der Waals surface area contributed by atoms with Crippen molar-refractivity contribution in [2.24, 2.45) is 10.8 Å². The minimum Gasteiger partial charge on any atom is -0.490 e. The van der Waals surface area contributed by atoms with E-state index >= 15 is 0 Å². The molecule has 2 heterocycles. The molecule has 0 saturated carbocycles. The first kappa shape index (κ1) is 23.3. The number of hydrogen-bond donors (Lipinski definition) is 2. The third-order valence-corrected chi connectivity index (χ3v) is 5.57. The van der Waals surface area contributed by atoms with Crippen LogP contribution in [0.15, 0.2) is 16.2 Å². The number of amides is 1. The van der Waals surface area contributed by atoms with E-state index in [1.807, 2.05) is 32.2 Å². The molecule has 0 bridgehead atoms. The fraction of sp³-hybridized carbons (Fsp3) is 0.636. The molecule has 0 fully saturated rings. The van der Waals surface area contributed by atoms with Crippen LogP contribution in [0.2, 0.25) is 0 Å². The molecule has 0 aromatic carbocycles. The van der Waals surface area contributed by atoms with E-state index in [0.29, 0.717) is 30.0 Å². The molecule has 1 amide bonds. The number of carbonyl (C=O) groups is 1. The number of hydrogen-bond acceptors (Lipinski definition) is 4. The first-order valence-corrected chi connectivity index (χ1v) is 11.0. The Kier molecular flexibility index (Phi) is 7.04. The molecule has 2 N–H and O–H groups in total. The second-order valence-electron chi connectivity index (χ2n) is 9.78. The van der Waals surface area contributed by atoms with Crippen LogP contribution in [0.3, 0.4) is 0 Å². The molecule has 0 aliphatic rings. The largest absolute Gasteiger partial charge is 0.490 e. The average molecular weight is 423 g/mol. The Morgan fingerprint density at radius 1 is 1.28 bits per heavy atom. The van der Waals surface area contributed by atoms with Crippen LogP contribution in [-0.4, -0.2) is 22.4 Å². The van der Waals surface area contributed by atoms with E-state index in [9.17, 15) is 14.7 Å². The van der Waals surface area contributed by atoms with Crippen LogP contribution in [0, 0.1) is 10.8 Å². The zero-order chi connectivity index (χ0) is 22.0. The minimum atomic E-state index is -1.12. The van der Waals surface area contributed by atoms with Gasteiger partial charge in [0.15, 0.2) is 5.75 Å². The zero-order valence-electron chi connectivity index (χ0n) is 18.6. The molecule has 2 aromatic heterocycles. The molecule has 29 heavy (non-hydrogen) atoms. The van der Waals surface area contributed by atoms with Crippen LogP contribution in [0.25, 0.3) is 10.1 Å². The molecule has 0 saturated heterocycles. The molecule has 1 unspecified atom stereocenters. The van der Waals surface area contributed by atoms with Crippen LogP contribution in [0.4, 0.5) is 4.79 Å². The Morgan fingerprint density at radius 3 is 2.45 bits per heavy atom. The van der Waals surface area contributed by atoms with Gasteiger partial charge in [0, 0.05) is 6.54 Å². The molecule has 0 radical (unpaired) electrons. The maximum absolute atomic E-state index is 13.4. The van der Waals surface area contributed by atoms with Gasteiger partial charge in [0.2, 0.25) is 0 Å². The average Bonchev–Trinajstić information content (AvgIpc) is 3.05. The van der Waals surface area contributed by atoms with E-state index in [-0.39, 0.29) is 11.0 Å². The van der Waals surface area contributed by atoms with E-state index in [1.165, 1.54) is 11.3 Å². The molecular weight excluding hydrogens is 388 g/mol. The fourth-order valence-corrected chi connectivity index (χ4v) is 4.24. The fourth-order valence-electron chi connectivity index (χ4n) is 3.34. The second kappa shape index (κ2) is 8.78. The number of aromatic nitrogens is 1. The van der Waals surface area contributed by atoms with Gasteiger partial charge in [0.05, 0.1) is 28.4 Å². The lowest BCUT2D eigenvalue weighted by molar-refractivity contribution is 0.169. The van der Waals surface area contributed by atoms with Gasteiger partial charge in [0.1, 0.15) is 0 Å². The Labute approximate surface area is 176 Å². The first-order chi connectivity index (χ1) is 13.4. The molecule has 162 valence electrons. The van der Waals surface area contributed by atoms with Gasteiger partial charge in [-0.25, -0.2) is 4.79 Å². The summed E-state index contributed by atoms with van der Waals surface area (Å²) in [5.74, 6) is 0.626. The van der Waals surface area contributed by atoms with Gasteiger partial charge in [-0.1, -0.05) is 54.9 Å². The van der Waals surface area contributed by atoms with E-state index in [0.717, 1.165) is 17.5 Å². The number of carboxylic acid groups (broad SMARTS) is 1. The lowest BCUT2D eigenvalue weighted by Gasteiger charge is -2.35. The molecule has 7 heteroatoms. The van der Waals surface area contributed by atoms with Gasteiger partial charge in [-0.15, -0.1) is 11.3 Å². The predicted octanol–water partition coefficient (Wildman–Crippen LogP) is 5.64. The number of pyridine rings is 1. The van der Waals surface area contributed by atoms with Crippen molar-refractivity contribution in [2.45, 2.75) is 73.9 Å². The van der Waals surface area contributed by atoms with Gasteiger partial charge in [-0.2, -0.15) is 0 Å². The van der Waals surface area contributed by atoms with Gasteiger partial charge in [-0.05, 0) is 28.7 Å². The summed E-state index contributed by atoms with van der Waals surface area (Å²) in [6.45, 7) is 15.2. The number of nitrogens with zero attached hydrogens (tertiary/aromatic N) is 1. The summed E-state index contributed by atoms with van der Waals surface area (Å²) < 4.78 is 8.74. The number of rotatable bonds is 7. The molecule has 2 rings (SSSR count). The van der Waals surface area contributed by atoms with Crippen molar-refractivity contribution in [3.63, 3.8) is 0 Å². The molecular formula is C22H34N2O4S. The van der Waals surface area contributed by atoms with E-state index in [2.05, 4.69) is 33.0 Å². The predicted molar refractivity (Wildman–Crippen MR) is 119 cm³/mol. The smallest absolute Gasteiger partial charge is 0.405 e. The molecule has 0 aliphatic heterocycles. The molecule has 0 aliphatic carbocycles. The Hall–Kier alpha value is -2.02.